The van der Waals surface area contributed by atoms with Crippen LogP contribution in [-0.2, 0) is 4.79 Å². The largest absolute Gasteiger partial charge is 0.370 e. The van der Waals surface area contributed by atoms with E-state index < -0.39 is 5.91 Å². The highest BCUT2D eigenvalue weighted by Crippen LogP contribution is 2.16. The smallest absolute Gasteiger partial charge is 0.219 e. The minimum atomic E-state index is -0.410. The molecule has 1 aromatic heterocycles. The molecule has 0 spiro atoms. The van der Waals surface area contributed by atoms with Crippen molar-refractivity contribution in [2.45, 2.75) is 12.5 Å². The molecule has 0 unspecified atom stereocenters. The second-order valence-electron chi connectivity index (χ2n) is 2.71. The third-order valence-corrected chi connectivity index (χ3v) is 2.01. The van der Waals surface area contributed by atoms with Gasteiger partial charge in [0.1, 0.15) is 0 Å². The highest BCUT2D eigenvalue weighted by Gasteiger charge is 2.09. The standard InChI is InChI=1S/C8H10BrN3O/c9-6-1-5(3-12-4-6)7(10)2-8(11)13/h1,3-4,7H,2,10H2,(H2,11,13)/t7-/m1/s1. The van der Waals surface area contributed by atoms with Gasteiger partial charge in [0.25, 0.3) is 0 Å². The van der Waals surface area contributed by atoms with E-state index in [1.54, 1.807) is 12.4 Å². The number of rotatable bonds is 3. The van der Waals surface area contributed by atoms with Crippen LogP contribution in [0.25, 0.3) is 0 Å². The summed E-state index contributed by atoms with van der Waals surface area (Å²) in [6.45, 7) is 0. The Labute approximate surface area is 84.5 Å². The first kappa shape index (κ1) is 10.1. The summed E-state index contributed by atoms with van der Waals surface area (Å²) in [7, 11) is 0. The molecule has 1 amide bonds. The molecule has 4 N–H and O–H groups in total. The monoisotopic (exact) mass is 243 g/mol. The van der Waals surface area contributed by atoms with Gasteiger partial charge in [-0.15, -0.1) is 0 Å². The van der Waals surface area contributed by atoms with Crippen LogP contribution in [0, 0.1) is 0 Å². The summed E-state index contributed by atoms with van der Waals surface area (Å²) in [5, 5.41) is 0. The Kier molecular flexibility index (Phi) is 3.39. The van der Waals surface area contributed by atoms with E-state index in [2.05, 4.69) is 20.9 Å². The quantitative estimate of drug-likeness (QED) is 0.821. The minimum Gasteiger partial charge on any atom is -0.370 e. The first-order valence-corrected chi connectivity index (χ1v) is 4.53. The zero-order chi connectivity index (χ0) is 9.84. The molecule has 1 atom stereocenters. The van der Waals surface area contributed by atoms with Crippen LogP contribution in [-0.4, -0.2) is 10.9 Å². The zero-order valence-electron chi connectivity index (χ0n) is 6.90. The van der Waals surface area contributed by atoms with Gasteiger partial charge in [-0.25, -0.2) is 0 Å². The van der Waals surface area contributed by atoms with Crippen molar-refractivity contribution in [3.05, 3.63) is 28.5 Å². The van der Waals surface area contributed by atoms with Crippen LogP contribution in [0.5, 0.6) is 0 Å². The highest BCUT2D eigenvalue weighted by atomic mass is 79.9. The molecule has 0 bridgehead atoms. The lowest BCUT2D eigenvalue weighted by molar-refractivity contribution is -0.118. The van der Waals surface area contributed by atoms with Crippen molar-refractivity contribution < 1.29 is 4.79 Å². The second kappa shape index (κ2) is 4.34. The number of halogens is 1. The number of carbonyl (C=O) groups excluding carboxylic acids is 1. The number of hydrogen-bond acceptors (Lipinski definition) is 3. The van der Waals surface area contributed by atoms with E-state index in [4.69, 9.17) is 11.5 Å². The molecule has 0 saturated heterocycles. The molecule has 0 saturated carbocycles. The Balaban J connectivity index is 2.76. The molecule has 1 heterocycles. The number of aromatic nitrogens is 1. The summed E-state index contributed by atoms with van der Waals surface area (Å²) in [6, 6.07) is 1.45. The lowest BCUT2D eigenvalue weighted by Crippen LogP contribution is -2.20. The summed E-state index contributed by atoms with van der Waals surface area (Å²) < 4.78 is 0.838. The van der Waals surface area contributed by atoms with Gasteiger partial charge in [0, 0.05) is 29.3 Å². The lowest BCUT2D eigenvalue weighted by Gasteiger charge is -2.08. The molecule has 0 aliphatic rings. The van der Waals surface area contributed by atoms with Gasteiger partial charge in [-0.3, -0.25) is 9.78 Å². The molecule has 4 nitrogen and oxygen atoms in total. The van der Waals surface area contributed by atoms with Gasteiger partial charge >= 0.3 is 0 Å². The summed E-state index contributed by atoms with van der Waals surface area (Å²) in [5.41, 5.74) is 11.5. The molecule has 70 valence electrons. The Morgan fingerprint density at radius 2 is 2.31 bits per heavy atom. The van der Waals surface area contributed by atoms with E-state index in [1.165, 1.54) is 0 Å². The molecular weight excluding hydrogens is 234 g/mol. The fourth-order valence-corrected chi connectivity index (χ4v) is 1.35. The average Bonchev–Trinajstić information content (AvgIpc) is 2.03. The van der Waals surface area contributed by atoms with E-state index in [9.17, 15) is 4.79 Å². The van der Waals surface area contributed by atoms with Crippen LogP contribution in [0.2, 0.25) is 0 Å². The molecule has 1 aromatic rings. The van der Waals surface area contributed by atoms with Gasteiger partial charge in [-0.1, -0.05) is 0 Å². The lowest BCUT2D eigenvalue weighted by atomic mass is 10.1. The van der Waals surface area contributed by atoms with Gasteiger partial charge in [-0.2, -0.15) is 0 Å². The number of carbonyl (C=O) groups is 1. The zero-order valence-corrected chi connectivity index (χ0v) is 8.49. The van der Waals surface area contributed by atoms with Gasteiger partial charge < -0.3 is 11.5 Å². The van der Waals surface area contributed by atoms with Gasteiger partial charge in [0.15, 0.2) is 0 Å². The normalized spacial score (nSPS) is 12.5. The molecule has 0 fully saturated rings. The van der Waals surface area contributed by atoms with Crippen molar-refractivity contribution in [3.63, 3.8) is 0 Å². The molecule has 13 heavy (non-hydrogen) atoms. The number of nitrogens with two attached hydrogens (primary N) is 2. The number of hydrogen-bond donors (Lipinski definition) is 2. The van der Waals surface area contributed by atoms with E-state index in [0.29, 0.717) is 0 Å². The van der Waals surface area contributed by atoms with Crippen molar-refractivity contribution in [3.8, 4) is 0 Å². The maximum Gasteiger partial charge on any atom is 0.219 e. The SMILES string of the molecule is NC(=O)C[C@@H](N)c1cncc(Br)c1. The van der Waals surface area contributed by atoms with Crippen molar-refractivity contribution in [2.24, 2.45) is 11.5 Å². The predicted molar refractivity (Wildman–Crippen MR) is 52.7 cm³/mol. The Hall–Kier alpha value is -0.940. The molecular formula is C8H10BrN3O. The van der Waals surface area contributed by atoms with E-state index >= 15 is 0 Å². The minimum absolute atomic E-state index is 0.137. The fraction of sp³-hybridized carbons (Fsp3) is 0.250. The maximum absolute atomic E-state index is 10.6. The fourth-order valence-electron chi connectivity index (χ4n) is 0.966. The first-order chi connectivity index (χ1) is 6.09. The summed E-state index contributed by atoms with van der Waals surface area (Å²) >= 11 is 3.26. The van der Waals surface area contributed by atoms with Crippen LogP contribution in [0.15, 0.2) is 22.9 Å². The molecule has 0 aliphatic heterocycles. The number of pyridine rings is 1. The van der Waals surface area contributed by atoms with Gasteiger partial charge in [0.05, 0.1) is 0 Å². The molecule has 0 aromatic carbocycles. The average molecular weight is 244 g/mol. The number of nitrogens with zero attached hydrogens (tertiary/aromatic N) is 1. The first-order valence-electron chi connectivity index (χ1n) is 3.74. The number of amides is 1. The van der Waals surface area contributed by atoms with E-state index in [1.807, 2.05) is 6.07 Å². The number of primary amides is 1. The third kappa shape index (κ3) is 3.12. The highest BCUT2D eigenvalue weighted by molar-refractivity contribution is 9.10. The van der Waals surface area contributed by atoms with E-state index in [0.717, 1.165) is 10.0 Å². The van der Waals surface area contributed by atoms with Crippen molar-refractivity contribution >= 4 is 21.8 Å². The third-order valence-electron chi connectivity index (χ3n) is 1.58. The molecule has 1 rings (SSSR count). The van der Waals surface area contributed by atoms with Crippen LogP contribution in [0.3, 0.4) is 0 Å². The predicted octanol–water partition coefficient (Wildman–Crippen LogP) is 0.719. The van der Waals surface area contributed by atoms with Gasteiger partial charge in [-0.05, 0) is 27.6 Å². The second-order valence-corrected chi connectivity index (χ2v) is 3.63. The summed E-state index contributed by atoms with van der Waals surface area (Å²) in [4.78, 5) is 14.5. The maximum atomic E-state index is 10.6. The van der Waals surface area contributed by atoms with Crippen LogP contribution < -0.4 is 11.5 Å². The van der Waals surface area contributed by atoms with Crippen molar-refractivity contribution in [1.29, 1.82) is 0 Å². The summed E-state index contributed by atoms with van der Waals surface area (Å²) in [5.74, 6) is -0.410. The van der Waals surface area contributed by atoms with Crippen molar-refractivity contribution in [1.82, 2.24) is 4.98 Å². The van der Waals surface area contributed by atoms with Gasteiger partial charge in [0.2, 0.25) is 5.91 Å². The summed E-state index contributed by atoms with van der Waals surface area (Å²) in [6.07, 6.45) is 3.41. The molecule has 0 radical (unpaired) electrons. The molecule has 5 heteroatoms. The Morgan fingerprint density at radius 3 is 2.85 bits per heavy atom. The topological polar surface area (TPSA) is 82.0 Å². The molecule has 0 aliphatic carbocycles. The van der Waals surface area contributed by atoms with E-state index in [-0.39, 0.29) is 12.5 Å². The van der Waals surface area contributed by atoms with Crippen LogP contribution >= 0.6 is 15.9 Å². The van der Waals surface area contributed by atoms with Crippen LogP contribution in [0.4, 0.5) is 0 Å². The van der Waals surface area contributed by atoms with Crippen molar-refractivity contribution in [2.75, 3.05) is 0 Å². The Morgan fingerprint density at radius 1 is 1.62 bits per heavy atom. The Bertz CT molecular complexity index is 316. The van der Waals surface area contributed by atoms with Crippen LogP contribution in [0.1, 0.15) is 18.0 Å².